The molecule has 0 saturated carbocycles. The van der Waals surface area contributed by atoms with Crippen molar-refractivity contribution in [1.29, 1.82) is 0 Å². The average Bonchev–Trinajstić information content (AvgIpc) is 2.33. The molecule has 0 rings (SSSR count). The summed E-state index contributed by atoms with van der Waals surface area (Å²) in [5.41, 5.74) is 5.70. The summed E-state index contributed by atoms with van der Waals surface area (Å²) in [7, 11) is 0. The Balaban J connectivity index is 3.37. The van der Waals surface area contributed by atoms with Crippen molar-refractivity contribution in [2.45, 2.75) is 64.3 Å². The Kier molecular flexibility index (Phi) is 11.4. The quantitative estimate of drug-likeness (QED) is 0.431. The Labute approximate surface area is 105 Å². The van der Waals surface area contributed by atoms with Gasteiger partial charge in [-0.3, -0.25) is 4.79 Å². The summed E-state index contributed by atoms with van der Waals surface area (Å²) in [4.78, 5) is 11.4. The summed E-state index contributed by atoms with van der Waals surface area (Å²) in [5, 5.41) is 8.54. The summed E-state index contributed by atoms with van der Waals surface area (Å²) in [6.45, 7) is 2.50. The molecule has 0 aliphatic rings. The summed E-state index contributed by atoms with van der Waals surface area (Å²) >= 11 is 0. The first kappa shape index (κ1) is 16.4. The minimum absolute atomic E-state index is 0.0416. The van der Waals surface area contributed by atoms with Gasteiger partial charge in [-0.1, -0.05) is 45.4 Å². The summed E-state index contributed by atoms with van der Waals surface area (Å²) in [6.07, 6.45) is 8.33. The Morgan fingerprint density at radius 2 is 1.82 bits per heavy atom. The zero-order valence-corrected chi connectivity index (χ0v) is 11.0. The smallest absolute Gasteiger partial charge is 0.322 e. The van der Waals surface area contributed by atoms with E-state index in [1.807, 2.05) is 0 Å². The fraction of sp³-hybridized carbons (Fsp3) is 0.923. The monoisotopic (exact) mass is 245 g/mol. The lowest BCUT2D eigenvalue weighted by Crippen LogP contribution is -2.32. The Morgan fingerprint density at radius 3 is 2.47 bits per heavy atom. The van der Waals surface area contributed by atoms with Crippen LogP contribution in [0.5, 0.6) is 0 Å². The zero-order chi connectivity index (χ0) is 12.9. The number of nitrogens with two attached hydrogens (primary N) is 1. The molecule has 0 amide bonds. The highest BCUT2D eigenvalue weighted by Crippen LogP contribution is 2.08. The van der Waals surface area contributed by atoms with Crippen molar-refractivity contribution >= 4 is 5.97 Å². The van der Waals surface area contributed by atoms with E-state index < -0.39 is 6.04 Å². The number of unbranched alkanes of at least 4 members (excludes halogenated alkanes) is 5. The van der Waals surface area contributed by atoms with Crippen LogP contribution in [0.15, 0.2) is 0 Å². The molecule has 4 nitrogen and oxygen atoms in total. The molecule has 0 aliphatic carbocycles. The van der Waals surface area contributed by atoms with E-state index in [2.05, 4.69) is 6.92 Å². The second-order valence-electron chi connectivity index (χ2n) is 4.41. The lowest BCUT2D eigenvalue weighted by atomic mass is 10.1. The lowest BCUT2D eigenvalue weighted by Gasteiger charge is -2.10. The Bertz CT molecular complexity index is 186. The van der Waals surface area contributed by atoms with Gasteiger partial charge in [0, 0.05) is 13.0 Å². The van der Waals surface area contributed by atoms with Crippen molar-refractivity contribution in [3.63, 3.8) is 0 Å². The summed E-state index contributed by atoms with van der Waals surface area (Å²) in [5.74, 6) is -0.341. The van der Waals surface area contributed by atoms with Gasteiger partial charge in [-0.2, -0.15) is 0 Å². The number of ether oxygens (including phenoxy) is 1. The topological polar surface area (TPSA) is 72.6 Å². The number of aliphatic hydroxyl groups excluding tert-OH is 1. The van der Waals surface area contributed by atoms with Crippen molar-refractivity contribution in [3.05, 3.63) is 0 Å². The lowest BCUT2D eigenvalue weighted by molar-refractivity contribution is -0.145. The molecule has 0 heterocycles. The van der Waals surface area contributed by atoms with Crippen LogP contribution in [0.25, 0.3) is 0 Å². The van der Waals surface area contributed by atoms with Crippen molar-refractivity contribution in [2.24, 2.45) is 5.73 Å². The van der Waals surface area contributed by atoms with Crippen molar-refractivity contribution in [3.8, 4) is 0 Å². The van der Waals surface area contributed by atoms with Gasteiger partial charge in [0.2, 0.25) is 0 Å². The molecule has 0 spiro atoms. The van der Waals surface area contributed by atoms with E-state index in [9.17, 15) is 4.79 Å². The van der Waals surface area contributed by atoms with E-state index in [-0.39, 0.29) is 19.2 Å². The number of carbonyl (C=O) groups is 1. The maximum absolute atomic E-state index is 11.4. The predicted octanol–water partition coefficient (Wildman–Crippen LogP) is 1.99. The van der Waals surface area contributed by atoms with Crippen molar-refractivity contribution in [2.75, 3.05) is 13.2 Å². The normalized spacial score (nSPS) is 12.4. The maximum atomic E-state index is 11.4. The molecule has 102 valence electrons. The van der Waals surface area contributed by atoms with Gasteiger partial charge in [-0.05, 0) is 6.42 Å². The number of hydrogen-bond acceptors (Lipinski definition) is 4. The third kappa shape index (κ3) is 10.3. The van der Waals surface area contributed by atoms with Gasteiger partial charge in [-0.15, -0.1) is 0 Å². The first-order valence-corrected chi connectivity index (χ1v) is 6.75. The molecule has 0 aromatic rings. The van der Waals surface area contributed by atoms with E-state index in [1.165, 1.54) is 25.7 Å². The van der Waals surface area contributed by atoms with Gasteiger partial charge in [0.25, 0.3) is 0 Å². The number of aliphatic hydroxyl groups is 1. The van der Waals surface area contributed by atoms with Crippen LogP contribution in [0.2, 0.25) is 0 Å². The van der Waals surface area contributed by atoms with E-state index in [0.717, 1.165) is 12.8 Å². The highest BCUT2D eigenvalue weighted by atomic mass is 16.5. The molecule has 0 aromatic heterocycles. The van der Waals surface area contributed by atoms with E-state index >= 15 is 0 Å². The number of hydrogen-bond donors (Lipinski definition) is 2. The zero-order valence-electron chi connectivity index (χ0n) is 11.0. The fourth-order valence-corrected chi connectivity index (χ4v) is 1.61. The van der Waals surface area contributed by atoms with Crippen LogP contribution in [-0.4, -0.2) is 30.3 Å². The number of rotatable bonds is 11. The maximum Gasteiger partial charge on any atom is 0.322 e. The SMILES string of the molecule is CCCCCCCCC(N)C(=O)OCCCO. The molecule has 4 heteroatoms. The highest BCUT2D eigenvalue weighted by molar-refractivity contribution is 5.75. The molecule has 0 fully saturated rings. The first-order valence-electron chi connectivity index (χ1n) is 6.75. The van der Waals surface area contributed by atoms with Crippen LogP contribution in [0.1, 0.15) is 58.3 Å². The van der Waals surface area contributed by atoms with Gasteiger partial charge in [0.1, 0.15) is 6.04 Å². The minimum atomic E-state index is -0.500. The Hall–Kier alpha value is -0.610. The molecule has 0 radical (unpaired) electrons. The molecule has 0 saturated heterocycles. The van der Waals surface area contributed by atoms with Crippen LogP contribution < -0.4 is 5.73 Å². The molecule has 17 heavy (non-hydrogen) atoms. The van der Waals surface area contributed by atoms with Crippen molar-refractivity contribution < 1.29 is 14.6 Å². The predicted molar refractivity (Wildman–Crippen MR) is 68.6 cm³/mol. The molecule has 0 bridgehead atoms. The molecule has 0 aliphatic heterocycles. The van der Waals surface area contributed by atoms with Gasteiger partial charge >= 0.3 is 5.97 Å². The van der Waals surface area contributed by atoms with Crippen LogP contribution in [-0.2, 0) is 9.53 Å². The van der Waals surface area contributed by atoms with Crippen LogP contribution in [0, 0.1) is 0 Å². The van der Waals surface area contributed by atoms with E-state index in [1.54, 1.807) is 0 Å². The van der Waals surface area contributed by atoms with Crippen LogP contribution in [0.3, 0.4) is 0 Å². The third-order valence-corrected chi connectivity index (χ3v) is 2.72. The van der Waals surface area contributed by atoms with Gasteiger partial charge in [-0.25, -0.2) is 0 Å². The fourth-order valence-electron chi connectivity index (χ4n) is 1.61. The molecular weight excluding hydrogens is 218 g/mol. The van der Waals surface area contributed by atoms with Gasteiger partial charge in [0.05, 0.1) is 6.61 Å². The highest BCUT2D eigenvalue weighted by Gasteiger charge is 2.13. The van der Waals surface area contributed by atoms with Gasteiger partial charge in [0.15, 0.2) is 0 Å². The average molecular weight is 245 g/mol. The second-order valence-corrected chi connectivity index (χ2v) is 4.41. The van der Waals surface area contributed by atoms with E-state index in [4.69, 9.17) is 15.6 Å². The summed E-state index contributed by atoms with van der Waals surface area (Å²) < 4.78 is 4.92. The van der Waals surface area contributed by atoms with Gasteiger partial charge < -0.3 is 15.6 Å². The molecule has 1 unspecified atom stereocenters. The number of esters is 1. The molecule has 0 aromatic carbocycles. The Morgan fingerprint density at radius 1 is 1.18 bits per heavy atom. The molecule has 3 N–H and O–H groups in total. The minimum Gasteiger partial charge on any atom is -0.464 e. The first-order chi connectivity index (χ1) is 8.22. The molecular formula is C13H27NO3. The standard InChI is InChI=1S/C13H27NO3/c1-2-3-4-5-6-7-9-12(14)13(16)17-11-8-10-15/h12,15H,2-11,14H2,1H3. The van der Waals surface area contributed by atoms with Crippen LogP contribution in [0.4, 0.5) is 0 Å². The van der Waals surface area contributed by atoms with Crippen molar-refractivity contribution in [1.82, 2.24) is 0 Å². The largest absolute Gasteiger partial charge is 0.464 e. The third-order valence-electron chi connectivity index (χ3n) is 2.72. The van der Waals surface area contributed by atoms with E-state index in [0.29, 0.717) is 12.8 Å². The van der Waals surface area contributed by atoms with Crippen LogP contribution >= 0.6 is 0 Å². The summed E-state index contributed by atoms with van der Waals surface area (Å²) in [6, 6.07) is -0.500. The second kappa shape index (κ2) is 11.9. The number of carbonyl (C=O) groups excluding carboxylic acids is 1. The molecule has 1 atom stereocenters.